The number of ether oxygens (including phenoxy) is 1. The molecule has 0 heterocycles. The predicted octanol–water partition coefficient (Wildman–Crippen LogP) is 5.07. The molecule has 1 fully saturated rings. The van der Waals surface area contributed by atoms with Crippen LogP contribution in [0, 0.1) is 6.92 Å². The zero-order valence-electron chi connectivity index (χ0n) is 23.3. The molecule has 0 radical (unpaired) electrons. The minimum atomic E-state index is -3.61. The van der Waals surface area contributed by atoms with E-state index in [1.165, 1.54) is 4.31 Å². The quantitative estimate of drug-likeness (QED) is 0.358. The van der Waals surface area contributed by atoms with Gasteiger partial charge in [0, 0.05) is 30.6 Å². The van der Waals surface area contributed by atoms with Crippen LogP contribution in [0.1, 0.15) is 63.0 Å². The van der Waals surface area contributed by atoms with Crippen molar-refractivity contribution in [1.82, 2.24) is 10.2 Å². The first kappa shape index (κ1) is 30.8. The van der Waals surface area contributed by atoms with Crippen LogP contribution in [0.2, 0.25) is 5.02 Å². The minimum Gasteiger partial charge on any atom is -0.497 e. The Hall–Kier alpha value is -2.78. The van der Waals surface area contributed by atoms with Gasteiger partial charge in [0.05, 0.1) is 19.1 Å². The summed E-state index contributed by atoms with van der Waals surface area (Å²) in [4.78, 5) is 28.6. The first-order valence-corrected chi connectivity index (χ1v) is 15.7. The molecule has 1 aliphatic rings. The Kier molecular flexibility index (Phi) is 11.1. The van der Waals surface area contributed by atoms with Crippen LogP contribution in [-0.2, 0) is 26.2 Å². The van der Waals surface area contributed by atoms with Crippen molar-refractivity contribution in [2.75, 3.05) is 24.2 Å². The molecule has 1 atom stereocenters. The summed E-state index contributed by atoms with van der Waals surface area (Å²) in [6, 6.07) is 12.1. The van der Waals surface area contributed by atoms with E-state index in [0.29, 0.717) is 22.9 Å². The highest BCUT2D eigenvalue weighted by molar-refractivity contribution is 7.92. The van der Waals surface area contributed by atoms with Gasteiger partial charge >= 0.3 is 0 Å². The van der Waals surface area contributed by atoms with Gasteiger partial charge in [-0.25, -0.2) is 8.42 Å². The first-order valence-electron chi connectivity index (χ1n) is 13.5. The highest BCUT2D eigenvalue weighted by Gasteiger charge is 2.31. The molecule has 0 unspecified atom stereocenters. The number of methoxy groups -OCH3 is 1. The van der Waals surface area contributed by atoms with Crippen molar-refractivity contribution in [3.8, 4) is 5.75 Å². The van der Waals surface area contributed by atoms with Crippen LogP contribution in [0.25, 0.3) is 0 Å². The average molecular weight is 578 g/mol. The van der Waals surface area contributed by atoms with Gasteiger partial charge in [-0.05, 0) is 68.0 Å². The first-order chi connectivity index (χ1) is 18.5. The third kappa shape index (κ3) is 8.60. The molecule has 10 heteroatoms. The molecule has 1 saturated carbocycles. The van der Waals surface area contributed by atoms with E-state index in [1.807, 2.05) is 38.1 Å². The standard InChI is InChI=1S/C29H40ClN3O5S/c1-5-26(29(35)31-24-11-6-7-12-24)32(20-22-10-8-13-25(18-22)38-3)28(34)14-9-17-33(39(4,36)37)27-19-23(30)16-15-21(27)2/h8,10,13,15-16,18-19,24,26H,5-7,9,11-12,14,17,20H2,1-4H3,(H,31,35)/t26-/m1/s1. The Labute approximate surface area is 237 Å². The number of halogens is 1. The molecule has 1 N–H and O–H groups in total. The third-order valence-electron chi connectivity index (χ3n) is 7.17. The largest absolute Gasteiger partial charge is 0.497 e. The van der Waals surface area contributed by atoms with Crippen molar-refractivity contribution in [2.24, 2.45) is 0 Å². The van der Waals surface area contributed by atoms with Crippen molar-refractivity contribution in [1.29, 1.82) is 0 Å². The lowest BCUT2D eigenvalue weighted by Crippen LogP contribution is -2.51. The van der Waals surface area contributed by atoms with Gasteiger partial charge in [-0.2, -0.15) is 0 Å². The van der Waals surface area contributed by atoms with Gasteiger partial charge in [-0.15, -0.1) is 0 Å². The van der Waals surface area contributed by atoms with Gasteiger partial charge in [-0.1, -0.05) is 49.6 Å². The van der Waals surface area contributed by atoms with Crippen LogP contribution in [-0.4, -0.2) is 57.1 Å². The molecule has 2 amide bonds. The second-order valence-corrected chi connectivity index (χ2v) is 12.5. The number of hydrogen-bond donors (Lipinski definition) is 1. The van der Waals surface area contributed by atoms with Crippen LogP contribution in [0.3, 0.4) is 0 Å². The van der Waals surface area contributed by atoms with Crippen molar-refractivity contribution in [3.05, 3.63) is 58.6 Å². The number of anilines is 1. The number of amides is 2. The third-order valence-corrected chi connectivity index (χ3v) is 8.58. The summed E-state index contributed by atoms with van der Waals surface area (Å²) in [5.74, 6) is 0.319. The zero-order valence-corrected chi connectivity index (χ0v) is 24.9. The van der Waals surface area contributed by atoms with E-state index < -0.39 is 16.1 Å². The molecule has 2 aromatic carbocycles. The number of carbonyl (C=O) groups is 2. The van der Waals surface area contributed by atoms with E-state index in [0.717, 1.165) is 43.1 Å². The van der Waals surface area contributed by atoms with E-state index in [9.17, 15) is 18.0 Å². The monoisotopic (exact) mass is 577 g/mol. The van der Waals surface area contributed by atoms with E-state index in [4.69, 9.17) is 16.3 Å². The summed E-state index contributed by atoms with van der Waals surface area (Å²) in [7, 11) is -2.02. The lowest BCUT2D eigenvalue weighted by Gasteiger charge is -2.32. The van der Waals surface area contributed by atoms with Crippen molar-refractivity contribution in [2.45, 2.75) is 77.4 Å². The maximum atomic E-state index is 13.7. The second-order valence-electron chi connectivity index (χ2n) is 10.2. The Morgan fingerprint density at radius 2 is 1.87 bits per heavy atom. The smallest absolute Gasteiger partial charge is 0.243 e. The van der Waals surface area contributed by atoms with E-state index in [-0.39, 0.29) is 43.8 Å². The molecule has 0 bridgehead atoms. The lowest BCUT2D eigenvalue weighted by molar-refractivity contribution is -0.141. The Morgan fingerprint density at radius 1 is 1.15 bits per heavy atom. The minimum absolute atomic E-state index is 0.0861. The summed E-state index contributed by atoms with van der Waals surface area (Å²) < 4.78 is 31.9. The Bertz CT molecular complexity index is 1250. The Morgan fingerprint density at radius 3 is 2.51 bits per heavy atom. The number of rotatable bonds is 13. The number of carbonyl (C=O) groups excluding carboxylic acids is 2. The number of nitrogens with one attached hydrogen (secondary N) is 1. The topological polar surface area (TPSA) is 96.0 Å². The van der Waals surface area contributed by atoms with Crippen LogP contribution >= 0.6 is 11.6 Å². The van der Waals surface area contributed by atoms with Gasteiger partial charge < -0.3 is 15.0 Å². The van der Waals surface area contributed by atoms with Crippen LogP contribution in [0.5, 0.6) is 5.75 Å². The highest BCUT2D eigenvalue weighted by atomic mass is 35.5. The van der Waals surface area contributed by atoms with Gasteiger partial charge in [0.15, 0.2) is 0 Å². The van der Waals surface area contributed by atoms with Crippen molar-refractivity contribution >= 4 is 39.1 Å². The molecule has 1 aliphatic carbocycles. The normalized spacial score (nSPS) is 14.6. The van der Waals surface area contributed by atoms with Crippen LogP contribution < -0.4 is 14.4 Å². The van der Waals surface area contributed by atoms with Crippen LogP contribution in [0.4, 0.5) is 5.69 Å². The predicted molar refractivity (Wildman–Crippen MR) is 156 cm³/mol. The maximum absolute atomic E-state index is 13.7. The summed E-state index contributed by atoms with van der Waals surface area (Å²) in [6.45, 7) is 4.08. The number of sulfonamides is 1. The Balaban J connectivity index is 1.79. The van der Waals surface area contributed by atoms with Crippen LogP contribution in [0.15, 0.2) is 42.5 Å². The van der Waals surface area contributed by atoms with Gasteiger partial charge in [0.1, 0.15) is 11.8 Å². The molecular formula is C29H40ClN3O5S. The van der Waals surface area contributed by atoms with Gasteiger partial charge in [0.25, 0.3) is 0 Å². The molecule has 2 aromatic rings. The van der Waals surface area contributed by atoms with Crippen molar-refractivity contribution in [3.63, 3.8) is 0 Å². The van der Waals surface area contributed by atoms with Crippen molar-refractivity contribution < 1.29 is 22.7 Å². The SMILES string of the molecule is CC[C@H](C(=O)NC1CCCC1)N(Cc1cccc(OC)c1)C(=O)CCCN(c1cc(Cl)ccc1C)S(C)(=O)=O. The fourth-order valence-corrected chi connectivity index (χ4v) is 6.27. The number of aryl methyl sites for hydroxylation is 1. The summed E-state index contributed by atoms with van der Waals surface area (Å²) in [5, 5.41) is 3.58. The summed E-state index contributed by atoms with van der Waals surface area (Å²) in [5.41, 5.74) is 2.11. The highest BCUT2D eigenvalue weighted by Crippen LogP contribution is 2.27. The molecule has 0 saturated heterocycles. The molecule has 0 aliphatic heterocycles. The van der Waals surface area contributed by atoms with E-state index >= 15 is 0 Å². The zero-order chi connectivity index (χ0) is 28.6. The molecule has 0 aromatic heterocycles. The molecule has 3 rings (SSSR count). The fourth-order valence-electron chi connectivity index (χ4n) is 5.09. The average Bonchev–Trinajstić information content (AvgIpc) is 3.40. The van der Waals surface area contributed by atoms with E-state index in [2.05, 4.69) is 5.32 Å². The lowest BCUT2D eigenvalue weighted by atomic mass is 10.1. The number of benzene rings is 2. The van der Waals surface area contributed by atoms with E-state index in [1.54, 1.807) is 30.2 Å². The summed E-state index contributed by atoms with van der Waals surface area (Å²) in [6.07, 6.45) is 6.08. The molecule has 39 heavy (non-hydrogen) atoms. The maximum Gasteiger partial charge on any atom is 0.243 e. The number of nitrogens with zero attached hydrogens (tertiary/aromatic N) is 2. The molecular weight excluding hydrogens is 538 g/mol. The molecule has 0 spiro atoms. The summed E-state index contributed by atoms with van der Waals surface area (Å²) >= 11 is 6.15. The number of hydrogen-bond acceptors (Lipinski definition) is 5. The second kappa shape index (κ2) is 14.0. The van der Waals surface area contributed by atoms with Gasteiger partial charge in [0.2, 0.25) is 21.8 Å². The molecule has 8 nitrogen and oxygen atoms in total. The fraction of sp³-hybridized carbons (Fsp3) is 0.517. The van der Waals surface area contributed by atoms with Gasteiger partial charge in [-0.3, -0.25) is 13.9 Å². The molecule has 214 valence electrons.